The molecule has 0 aromatic carbocycles. The van der Waals surface area contributed by atoms with Crippen LogP contribution in [-0.4, -0.2) is 44.6 Å². The minimum atomic E-state index is -0.897. The van der Waals surface area contributed by atoms with Crippen LogP contribution in [-0.2, 0) is 11.4 Å². The Labute approximate surface area is 117 Å². The van der Waals surface area contributed by atoms with Crippen molar-refractivity contribution < 1.29 is 19.8 Å². The van der Waals surface area contributed by atoms with E-state index in [0.29, 0.717) is 18.5 Å². The van der Waals surface area contributed by atoms with E-state index >= 15 is 0 Å². The molecule has 6 heteroatoms. The molecule has 1 aliphatic rings. The summed E-state index contributed by atoms with van der Waals surface area (Å²) in [4.78, 5) is 29.0. The number of hydrogen-bond donors (Lipinski definition) is 2. The molecule has 0 radical (unpaired) electrons. The number of aliphatic hydroxyl groups excluding tert-OH is 1. The Bertz CT molecular complexity index is 504. The van der Waals surface area contributed by atoms with E-state index in [-0.39, 0.29) is 30.7 Å². The number of hydrogen-bond acceptors (Lipinski definition) is 4. The Hall–Kier alpha value is -1.95. The standard InChI is InChI=1S/C14H18N2O4/c17-9-10-4-5-15-12(7-10)14(20)16-6-2-1-3-11(16)8-13(18)19/h4-5,7,11,17H,1-3,6,8-9H2,(H,18,19). The fourth-order valence-electron chi connectivity index (χ4n) is 2.52. The van der Waals surface area contributed by atoms with Gasteiger partial charge >= 0.3 is 5.97 Å². The number of carbonyl (C=O) groups is 2. The second-order valence-electron chi connectivity index (χ2n) is 4.95. The molecule has 0 aliphatic carbocycles. The van der Waals surface area contributed by atoms with Gasteiger partial charge in [0.2, 0.25) is 0 Å². The lowest BCUT2D eigenvalue weighted by molar-refractivity contribution is -0.138. The van der Waals surface area contributed by atoms with Gasteiger partial charge in [0.15, 0.2) is 0 Å². The van der Waals surface area contributed by atoms with Gasteiger partial charge in [0.25, 0.3) is 5.91 Å². The topological polar surface area (TPSA) is 90.7 Å². The summed E-state index contributed by atoms with van der Waals surface area (Å²) in [7, 11) is 0. The van der Waals surface area contributed by atoms with Crippen molar-refractivity contribution in [3.63, 3.8) is 0 Å². The summed E-state index contributed by atoms with van der Waals surface area (Å²) in [5, 5.41) is 18.0. The van der Waals surface area contributed by atoms with Crippen molar-refractivity contribution in [1.29, 1.82) is 0 Å². The lowest BCUT2D eigenvalue weighted by Crippen LogP contribution is -2.45. The Balaban J connectivity index is 2.18. The van der Waals surface area contributed by atoms with Gasteiger partial charge in [-0.1, -0.05) is 0 Å². The number of carboxylic acids is 1. The SMILES string of the molecule is O=C(O)CC1CCCCN1C(=O)c1cc(CO)ccn1. The molecule has 1 saturated heterocycles. The average molecular weight is 278 g/mol. The summed E-state index contributed by atoms with van der Waals surface area (Å²) in [5.74, 6) is -1.15. The van der Waals surface area contributed by atoms with E-state index < -0.39 is 5.97 Å². The predicted octanol–water partition coefficient (Wildman–Crippen LogP) is 1.04. The number of aliphatic carboxylic acids is 1. The summed E-state index contributed by atoms with van der Waals surface area (Å²) in [6.07, 6.45) is 3.96. The van der Waals surface area contributed by atoms with Crippen molar-refractivity contribution in [2.75, 3.05) is 6.54 Å². The van der Waals surface area contributed by atoms with Crippen LogP contribution < -0.4 is 0 Å². The molecule has 2 rings (SSSR count). The number of pyridine rings is 1. The molecule has 1 aliphatic heterocycles. The molecule has 2 heterocycles. The zero-order valence-corrected chi connectivity index (χ0v) is 11.2. The van der Waals surface area contributed by atoms with Crippen molar-refractivity contribution >= 4 is 11.9 Å². The van der Waals surface area contributed by atoms with Gasteiger partial charge in [-0.3, -0.25) is 14.6 Å². The summed E-state index contributed by atoms with van der Waals surface area (Å²) < 4.78 is 0. The zero-order valence-electron chi connectivity index (χ0n) is 11.2. The van der Waals surface area contributed by atoms with Crippen LogP contribution in [0.2, 0.25) is 0 Å². The van der Waals surface area contributed by atoms with Crippen molar-refractivity contribution in [2.45, 2.75) is 38.3 Å². The second-order valence-corrected chi connectivity index (χ2v) is 4.95. The average Bonchev–Trinajstić information content (AvgIpc) is 2.46. The highest BCUT2D eigenvalue weighted by Gasteiger charge is 2.29. The van der Waals surface area contributed by atoms with Gasteiger partial charge in [-0.2, -0.15) is 0 Å². The van der Waals surface area contributed by atoms with E-state index in [0.717, 1.165) is 12.8 Å². The van der Waals surface area contributed by atoms with Gasteiger partial charge in [-0.05, 0) is 37.0 Å². The van der Waals surface area contributed by atoms with Crippen LogP contribution in [0.1, 0.15) is 41.7 Å². The van der Waals surface area contributed by atoms with E-state index in [1.807, 2.05) is 0 Å². The first-order valence-electron chi connectivity index (χ1n) is 6.70. The van der Waals surface area contributed by atoms with Crippen LogP contribution in [0, 0.1) is 0 Å². The smallest absolute Gasteiger partial charge is 0.305 e. The highest BCUT2D eigenvalue weighted by atomic mass is 16.4. The number of likely N-dealkylation sites (tertiary alicyclic amines) is 1. The van der Waals surface area contributed by atoms with Crippen LogP contribution >= 0.6 is 0 Å². The van der Waals surface area contributed by atoms with Crippen molar-refractivity contribution in [3.05, 3.63) is 29.6 Å². The maximum Gasteiger partial charge on any atom is 0.305 e. The molecule has 108 valence electrons. The van der Waals surface area contributed by atoms with E-state index in [2.05, 4.69) is 4.98 Å². The summed E-state index contributed by atoms with van der Waals surface area (Å²) in [6.45, 7) is 0.406. The van der Waals surface area contributed by atoms with Gasteiger partial charge in [0.05, 0.1) is 13.0 Å². The zero-order chi connectivity index (χ0) is 14.5. The van der Waals surface area contributed by atoms with Crippen molar-refractivity contribution in [1.82, 2.24) is 9.88 Å². The molecule has 0 saturated carbocycles. The maximum absolute atomic E-state index is 12.4. The van der Waals surface area contributed by atoms with Gasteiger partial charge in [0.1, 0.15) is 5.69 Å². The third-order valence-electron chi connectivity index (χ3n) is 3.52. The summed E-state index contributed by atoms with van der Waals surface area (Å²) >= 11 is 0. The molecular formula is C14H18N2O4. The Morgan fingerprint density at radius 3 is 2.90 bits per heavy atom. The molecule has 1 atom stereocenters. The van der Waals surface area contributed by atoms with Crippen LogP contribution in [0.25, 0.3) is 0 Å². The van der Waals surface area contributed by atoms with Gasteiger partial charge in [-0.25, -0.2) is 0 Å². The van der Waals surface area contributed by atoms with Crippen molar-refractivity contribution in [2.24, 2.45) is 0 Å². The summed E-state index contributed by atoms with van der Waals surface area (Å²) in [5.41, 5.74) is 0.879. The fourth-order valence-corrected chi connectivity index (χ4v) is 2.52. The maximum atomic E-state index is 12.4. The molecule has 0 spiro atoms. The largest absolute Gasteiger partial charge is 0.481 e. The predicted molar refractivity (Wildman–Crippen MR) is 71.1 cm³/mol. The Morgan fingerprint density at radius 1 is 1.40 bits per heavy atom. The molecule has 1 aromatic heterocycles. The number of amides is 1. The quantitative estimate of drug-likeness (QED) is 0.859. The third-order valence-corrected chi connectivity index (χ3v) is 3.52. The van der Waals surface area contributed by atoms with Crippen LogP contribution in [0.3, 0.4) is 0 Å². The first kappa shape index (κ1) is 14.5. The van der Waals surface area contributed by atoms with Crippen LogP contribution in [0.5, 0.6) is 0 Å². The lowest BCUT2D eigenvalue weighted by Gasteiger charge is -2.34. The molecule has 1 amide bonds. The molecule has 20 heavy (non-hydrogen) atoms. The first-order chi connectivity index (χ1) is 9.61. The normalized spacial score (nSPS) is 18.9. The second kappa shape index (κ2) is 6.47. The molecule has 2 N–H and O–H groups in total. The number of aromatic nitrogens is 1. The molecule has 1 fully saturated rings. The summed E-state index contributed by atoms with van der Waals surface area (Å²) in [6, 6.07) is 2.92. The number of carbonyl (C=O) groups excluding carboxylic acids is 1. The number of rotatable bonds is 4. The molecule has 0 bridgehead atoms. The lowest BCUT2D eigenvalue weighted by atomic mass is 9.98. The number of piperidine rings is 1. The number of nitrogens with zero attached hydrogens (tertiary/aromatic N) is 2. The fraction of sp³-hybridized carbons (Fsp3) is 0.500. The van der Waals surface area contributed by atoms with Crippen molar-refractivity contribution in [3.8, 4) is 0 Å². The van der Waals surface area contributed by atoms with E-state index in [4.69, 9.17) is 10.2 Å². The van der Waals surface area contributed by atoms with Crippen LogP contribution in [0.15, 0.2) is 18.3 Å². The van der Waals surface area contributed by atoms with Gasteiger partial charge in [0, 0.05) is 18.8 Å². The molecule has 1 aromatic rings. The van der Waals surface area contributed by atoms with E-state index in [9.17, 15) is 9.59 Å². The van der Waals surface area contributed by atoms with E-state index in [1.165, 1.54) is 6.20 Å². The highest BCUT2D eigenvalue weighted by Crippen LogP contribution is 2.21. The minimum absolute atomic E-state index is 0.0363. The third kappa shape index (κ3) is 3.33. The van der Waals surface area contributed by atoms with E-state index in [1.54, 1.807) is 17.0 Å². The molecule has 1 unspecified atom stereocenters. The van der Waals surface area contributed by atoms with Gasteiger partial charge < -0.3 is 15.1 Å². The molecule has 6 nitrogen and oxygen atoms in total. The highest BCUT2D eigenvalue weighted by molar-refractivity contribution is 5.93. The van der Waals surface area contributed by atoms with Gasteiger partial charge in [-0.15, -0.1) is 0 Å². The molecular weight excluding hydrogens is 260 g/mol. The monoisotopic (exact) mass is 278 g/mol. The Morgan fingerprint density at radius 2 is 2.20 bits per heavy atom. The number of aliphatic hydroxyl groups is 1. The minimum Gasteiger partial charge on any atom is -0.481 e. The van der Waals surface area contributed by atoms with Crippen LogP contribution in [0.4, 0.5) is 0 Å². The number of carboxylic acid groups (broad SMARTS) is 1. The Kier molecular flexibility index (Phi) is 4.68. The first-order valence-corrected chi connectivity index (χ1v) is 6.70.